The molecule has 0 amide bonds. The predicted octanol–water partition coefficient (Wildman–Crippen LogP) is 4.58. The summed E-state index contributed by atoms with van der Waals surface area (Å²) < 4.78 is 13.8. The number of unbranched alkanes of at least 4 members (excludes halogenated alkanes) is 2. The zero-order valence-electron chi connectivity index (χ0n) is 9.89. The fraction of sp³-hybridized carbons (Fsp3) is 0.333. The number of hydrogen-bond donors (Lipinski definition) is 0. The van der Waals surface area contributed by atoms with Crippen molar-refractivity contribution in [2.45, 2.75) is 33.1 Å². The van der Waals surface area contributed by atoms with Crippen LogP contribution in [0.5, 0.6) is 0 Å². The number of rotatable bonds is 3. The highest BCUT2D eigenvalue weighted by atomic mass is 19.1. The summed E-state index contributed by atoms with van der Waals surface area (Å²) in [6.45, 7) is 3.84. The Bertz CT molecular complexity index is 404. The van der Waals surface area contributed by atoms with E-state index in [1.54, 1.807) is 19.1 Å². The van der Waals surface area contributed by atoms with Crippen molar-refractivity contribution < 1.29 is 4.39 Å². The van der Waals surface area contributed by atoms with E-state index in [0.717, 1.165) is 19.3 Å². The van der Waals surface area contributed by atoms with Gasteiger partial charge in [0.05, 0.1) is 0 Å². The number of benzene rings is 1. The summed E-state index contributed by atoms with van der Waals surface area (Å²) in [5.74, 6) is 5.64. The summed E-state index contributed by atoms with van der Waals surface area (Å²) in [7, 11) is 0. The zero-order chi connectivity index (χ0) is 11.8. The van der Waals surface area contributed by atoms with E-state index in [9.17, 15) is 4.39 Å². The molecule has 0 aliphatic rings. The van der Waals surface area contributed by atoms with Gasteiger partial charge in [0.2, 0.25) is 0 Å². The summed E-state index contributed by atoms with van der Waals surface area (Å²) in [5.41, 5.74) is 1.12. The molecule has 1 heteroatoms. The van der Waals surface area contributed by atoms with E-state index in [-0.39, 0.29) is 5.83 Å². The molecule has 16 heavy (non-hydrogen) atoms. The second-order valence-electron chi connectivity index (χ2n) is 3.71. The Morgan fingerprint density at radius 3 is 2.56 bits per heavy atom. The Kier molecular flexibility index (Phi) is 5.36. The molecule has 84 valence electrons. The molecule has 1 rings (SSSR count). The van der Waals surface area contributed by atoms with E-state index < -0.39 is 0 Å². The highest BCUT2D eigenvalue weighted by Crippen LogP contribution is 2.19. The highest BCUT2D eigenvalue weighted by molar-refractivity contribution is 5.65. The first-order valence-corrected chi connectivity index (χ1v) is 5.66. The summed E-state index contributed by atoms with van der Waals surface area (Å²) in [4.78, 5) is 0. The Hall–Kier alpha value is -1.55. The Balaban J connectivity index is 2.75. The van der Waals surface area contributed by atoms with Crippen molar-refractivity contribution >= 4 is 5.83 Å². The lowest BCUT2D eigenvalue weighted by Crippen LogP contribution is -1.81. The number of hydrogen-bond acceptors (Lipinski definition) is 0. The minimum Gasteiger partial charge on any atom is -0.205 e. The second-order valence-corrected chi connectivity index (χ2v) is 3.71. The normalized spacial score (nSPS) is 11.4. The molecule has 1 aromatic rings. The van der Waals surface area contributed by atoms with Gasteiger partial charge in [0.15, 0.2) is 0 Å². The maximum absolute atomic E-state index is 13.8. The smallest absolute Gasteiger partial charge is 0.141 e. The van der Waals surface area contributed by atoms with Crippen LogP contribution in [0.4, 0.5) is 4.39 Å². The highest BCUT2D eigenvalue weighted by Gasteiger charge is 2.01. The first kappa shape index (κ1) is 12.5. The van der Waals surface area contributed by atoms with Gasteiger partial charge in [-0.1, -0.05) is 55.5 Å². The molecule has 0 nitrogen and oxygen atoms in total. The molecule has 0 bridgehead atoms. The van der Waals surface area contributed by atoms with E-state index in [2.05, 4.69) is 18.8 Å². The molecule has 0 saturated carbocycles. The van der Waals surface area contributed by atoms with Crippen LogP contribution in [0.3, 0.4) is 0 Å². The first-order chi connectivity index (χ1) is 7.75. The fourth-order valence-electron chi connectivity index (χ4n) is 1.32. The molecule has 0 aliphatic heterocycles. The lowest BCUT2D eigenvalue weighted by molar-refractivity contribution is 0.754. The van der Waals surface area contributed by atoms with Gasteiger partial charge in [0.25, 0.3) is 0 Å². The molecular formula is C15H17F. The molecule has 0 N–H and O–H groups in total. The quantitative estimate of drug-likeness (QED) is 0.512. The van der Waals surface area contributed by atoms with Crippen LogP contribution in [0.15, 0.2) is 35.9 Å². The van der Waals surface area contributed by atoms with Crippen molar-refractivity contribution in [1.82, 2.24) is 0 Å². The number of allylic oxidation sites excluding steroid dienone is 1. The van der Waals surface area contributed by atoms with Crippen molar-refractivity contribution in [1.29, 1.82) is 0 Å². The van der Waals surface area contributed by atoms with E-state index in [1.807, 2.05) is 18.2 Å². The van der Waals surface area contributed by atoms with Gasteiger partial charge < -0.3 is 0 Å². The van der Waals surface area contributed by atoms with Crippen molar-refractivity contribution in [3.05, 3.63) is 41.5 Å². The minimum absolute atomic E-state index is 0.218. The standard InChI is InChI=1S/C15H17F/c1-3-4-5-7-10-13(2)15(16)14-11-8-6-9-12-14/h6,8-9,11-12H,3-5H2,1-2H3/b15-13+. The van der Waals surface area contributed by atoms with Gasteiger partial charge >= 0.3 is 0 Å². The van der Waals surface area contributed by atoms with Crippen molar-refractivity contribution in [2.75, 3.05) is 0 Å². The lowest BCUT2D eigenvalue weighted by atomic mass is 10.1. The van der Waals surface area contributed by atoms with Crippen LogP contribution >= 0.6 is 0 Å². The molecule has 0 atom stereocenters. The van der Waals surface area contributed by atoms with Crippen LogP contribution in [-0.2, 0) is 0 Å². The summed E-state index contributed by atoms with van der Waals surface area (Å²) in [6.07, 6.45) is 3.04. The van der Waals surface area contributed by atoms with Gasteiger partial charge in [-0.3, -0.25) is 0 Å². The Morgan fingerprint density at radius 1 is 1.25 bits per heavy atom. The Labute approximate surface area is 97.2 Å². The SMILES string of the molecule is CCCCC#C/C(C)=C(/F)c1ccccc1. The topological polar surface area (TPSA) is 0 Å². The van der Waals surface area contributed by atoms with Crippen LogP contribution in [-0.4, -0.2) is 0 Å². The third-order valence-electron chi connectivity index (χ3n) is 2.29. The molecule has 0 aliphatic carbocycles. The van der Waals surface area contributed by atoms with Crippen molar-refractivity contribution in [2.24, 2.45) is 0 Å². The van der Waals surface area contributed by atoms with Crippen LogP contribution in [0, 0.1) is 11.8 Å². The largest absolute Gasteiger partial charge is 0.205 e. The van der Waals surface area contributed by atoms with E-state index >= 15 is 0 Å². The average molecular weight is 216 g/mol. The van der Waals surface area contributed by atoms with Gasteiger partial charge in [-0.2, -0.15) is 0 Å². The fourth-order valence-corrected chi connectivity index (χ4v) is 1.32. The lowest BCUT2D eigenvalue weighted by Gasteiger charge is -1.98. The summed E-state index contributed by atoms with van der Waals surface area (Å²) in [5, 5.41) is 0. The van der Waals surface area contributed by atoms with E-state index in [0.29, 0.717) is 11.1 Å². The van der Waals surface area contributed by atoms with Gasteiger partial charge in [-0.15, -0.1) is 0 Å². The summed E-state index contributed by atoms with van der Waals surface area (Å²) in [6, 6.07) is 9.04. The van der Waals surface area contributed by atoms with Crippen LogP contribution in [0.25, 0.3) is 5.83 Å². The maximum Gasteiger partial charge on any atom is 0.141 e. The summed E-state index contributed by atoms with van der Waals surface area (Å²) >= 11 is 0. The van der Waals surface area contributed by atoms with Gasteiger partial charge in [-0.25, -0.2) is 4.39 Å². The molecule has 1 aromatic carbocycles. The van der Waals surface area contributed by atoms with Gasteiger partial charge in [0.1, 0.15) is 5.83 Å². The van der Waals surface area contributed by atoms with Gasteiger partial charge in [-0.05, 0) is 13.3 Å². The van der Waals surface area contributed by atoms with Gasteiger partial charge in [0, 0.05) is 17.6 Å². The maximum atomic E-state index is 13.8. The molecular weight excluding hydrogens is 199 g/mol. The molecule has 0 saturated heterocycles. The second kappa shape index (κ2) is 6.85. The zero-order valence-corrected chi connectivity index (χ0v) is 9.89. The van der Waals surface area contributed by atoms with E-state index in [1.165, 1.54) is 0 Å². The van der Waals surface area contributed by atoms with Crippen LogP contribution in [0.2, 0.25) is 0 Å². The van der Waals surface area contributed by atoms with Crippen molar-refractivity contribution in [3.8, 4) is 11.8 Å². The average Bonchev–Trinajstić information content (AvgIpc) is 2.34. The molecule has 0 heterocycles. The van der Waals surface area contributed by atoms with E-state index in [4.69, 9.17) is 0 Å². The molecule has 0 fully saturated rings. The minimum atomic E-state index is -0.218. The Morgan fingerprint density at radius 2 is 1.94 bits per heavy atom. The van der Waals surface area contributed by atoms with Crippen LogP contribution in [0.1, 0.15) is 38.7 Å². The van der Waals surface area contributed by atoms with Crippen molar-refractivity contribution in [3.63, 3.8) is 0 Å². The number of halogens is 1. The molecule has 0 spiro atoms. The molecule has 0 radical (unpaired) electrons. The first-order valence-electron chi connectivity index (χ1n) is 5.66. The molecule has 0 aromatic heterocycles. The monoisotopic (exact) mass is 216 g/mol. The predicted molar refractivity (Wildman–Crippen MR) is 67.4 cm³/mol. The molecule has 0 unspecified atom stereocenters. The van der Waals surface area contributed by atoms with Crippen LogP contribution < -0.4 is 0 Å². The third-order valence-corrected chi connectivity index (χ3v) is 2.29. The third kappa shape index (κ3) is 3.90.